The fourth-order valence-electron chi connectivity index (χ4n) is 1.83. The van der Waals surface area contributed by atoms with E-state index in [0.29, 0.717) is 31.1 Å². The summed E-state index contributed by atoms with van der Waals surface area (Å²) in [5, 5.41) is 2.59. The molecule has 1 rings (SSSR count). The van der Waals surface area contributed by atoms with Gasteiger partial charge in [0.05, 0.1) is 13.2 Å². The van der Waals surface area contributed by atoms with Crippen LogP contribution in [0.3, 0.4) is 0 Å². The van der Waals surface area contributed by atoms with Gasteiger partial charge < -0.3 is 20.5 Å². The Morgan fingerprint density at radius 3 is 2.90 bits per heavy atom. The number of amides is 1. The fraction of sp³-hybridized carbons (Fsp3) is 0.438. The van der Waals surface area contributed by atoms with E-state index in [1.54, 1.807) is 6.92 Å². The summed E-state index contributed by atoms with van der Waals surface area (Å²) in [5.74, 6) is 3.26. The van der Waals surface area contributed by atoms with Crippen LogP contribution < -0.4 is 20.5 Å². The molecule has 1 aromatic carbocycles. The highest BCUT2D eigenvalue weighted by molar-refractivity contribution is 5.81. The van der Waals surface area contributed by atoms with Gasteiger partial charge in [0.2, 0.25) is 0 Å². The zero-order valence-electron chi connectivity index (χ0n) is 12.5. The Kier molecular flexibility index (Phi) is 7.13. The van der Waals surface area contributed by atoms with E-state index in [1.807, 2.05) is 25.1 Å². The standard InChI is InChI=1S/C16H22N2O3/c1-4-11-18-16(19)12(3)21-15-13(9-10-17)7-6-8-14(15)20-5-2/h1,6-8,12H,5,9-11,17H2,2-3H3,(H,18,19). The number of rotatable bonds is 8. The molecule has 21 heavy (non-hydrogen) atoms. The molecule has 5 heteroatoms. The molecule has 0 spiro atoms. The minimum absolute atomic E-state index is 0.176. The third kappa shape index (κ3) is 5.01. The van der Waals surface area contributed by atoms with Crippen molar-refractivity contribution in [3.8, 4) is 23.8 Å². The quantitative estimate of drug-likeness (QED) is 0.703. The van der Waals surface area contributed by atoms with Gasteiger partial charge in [0.1, 0.15) is 0 Å². The number of hydrogen-bond donors (Lipinski definition) is 2. The largest absolute Gasteiger partial charge is 0.490 e. The molecule has 0 aliphatic heterocycles. The minimum Gasteiger partial charge on any atom is -0.490 e. The topological polar surface area (TPSA) is 73.6 Å². The lowest BCUT2D eigenvalue weighted by Gasteiger charge is -2.19. The van der Waals surface area contributed by atoms with Gasteiger partial charge in [-0.25, -0.2) is 0 Å². The first-order chi connectivity index (χ1) is 10.1. The Morgan fingerprint density at radius 2 is 2.29 bits per heavy atom. The average molecular weight is 290 g/mol. The number of hydrogen-bond acceptors (Lipinski definition) is 4. The molecule has 0 radical (unpaired) electrons. The number of ether oxygens (including phenoxy) is 2. The second-order valence-corrected chi connectivity index (χ2v) is 4.40. The van der Waals surface area contributed by atoms with Gasteiger partial charge in [-0.2, -0.15) is 0 Å². The number of para-hydroxylation sites is 1. The van der Waals surface area contributed by atoms with Gasteiger partial charge in [-0.15, -0.1) is 6.42 Å². The number of carbonyl (C=O) groups is 1. The smallest absolute Gasteiger partial charge is 0.261 e. The molecule has 0 saturated carbocycles. The third-order valence-corrected chi connectivity index (χ3v) is 2.80. The maximum absolute atomic E-state index is 11.8. The summed E-state index contributed by atoms with van der Waals surface area (Å²) < 4.78 is 11.3. The van der Waals surface area contributed by atoms with Crippen LogP contribution in [0.5, 0.6) is 11.5 Å². The summed E-state index contributed by atoms with van der Waals surface area (Å²) in [6.45, 7) is 4.74. The third-order valence-electron chi connectivity index (χ3n) is 2.80. The Bertz CT molecular complexity index is 484. The summed E-state index contributed by atoms with van der Waals surface area (Å²) in [6, 6.07) is 5.60. The van der Waals surface area contributed by atoms with E-state index in [2.05, 4.69) is 11.2 Å². The van der Waals surface area contributed by atoms with Gasteiger partial charge in [0, 0.05) is 0 Å². The molecule has 1 atom stereocenters. The van der Waals surface area contributed by atoms with Crippen LogP contribution in [0.25, 0.3) is 0 Å². The summed E-state index contributed by atoms with van der Waals surface area (Å²) in [7, 11) is 0. The second-order valence-electron chi connectivity index (χ2n) is 4.40. The lowest BCUT2D eigenvalue weighted by atomic mass is 10.1. The van der Waals surface area contributed by atoms with Gasteiger partial charge in [-0.3, -0.25) is 4.79 Å². The van der Waals surface area contributed by atoms with Crippen molar-refractivity contribution in [2.75, 3.05) is 19.7 Å². The van der Waals surface area contributed by atoms with Crippen molar-refractivity contribution in [3.63, 3.8) is 0 Å². The van der Waals surface area contributed by atoms with Crippen molar-refractivity contribution in [1.82, 2.24) is 5.32 Å². The normalized spacial score (nSPS) is 11.3. The first-order valence-corrected chi connectivity index (χ1v) is 6.96. The summed E-state index contributed by atoms with van der Waals surface area (Å²) in [5.41, 5.74) is 6.53. The molecule has 1 unspecified atom stereocenters. The van der Waals surface area contributed by atoms with Crippen LogP contribution in [-0.2, 0) is 11.2 Å². The molecule has 0 fully saturated rings. The van der Waals surface area contributed by atoms with E-state index in [9.17, 15) is 4.79 Å². The number of nitrogens with one attached hydrogen (secondary N) is 1. The molecule has 3 N–H and O–H groups in total. The van der Waals surface area contributed by atoms with Crippen LogP contribution in [0.15, 0.2) is 18.2 Å². The first-order valence-electron chi connectivity index (χ1n) is 6.96. The van der Waals surface area contributed by atoms with E-state index in [-0.39, 0.29) is 12.5 Å². The van der Waals surface area contributed by atoms with Crippen LogP contribution in [0.2, 0.25) is 0 Å². The first kappa shape index (κ1) is 16.9. The Balaban J connectivity index is 2.93. The zero-order valence-corrected chi connectivity index (χ0v) is 12.5. The zero-order chi connectivity index (χ0) is 15.7. The molecular weight excluding hydrogens is 268 g/mol. The van der Waals surface area contributed by atoms with Crippen molar-refractivity contribution in [3.05, 3.63) is 23.8 Å². The van der Waals surface area contributed by atoms with Crippen LogP contribution in [-0.4, -0.2) is 31.7 Å². The molecule has 0 aliphatic carbocycles. The molecule has 1 amide bonds. The molecular formula is C16H22N2O3. The molecule has 0 saturated heterocycles. The molecule has 0 bridgehead atoms. The van der Waals surface area contributed by atoms with E-state index in [4.69, 9.17) is 21.6 Å². The van der Waals surface area contributed by atoms with Crippen molar-refractivity contribution >= 4 is 5.91 Å². The average Bonchev–Trinajstić information content (AvgIpc) is 2.48. The van der Waals surface area contributed by atoms with Crippen LogP contribution >= 0.6 is 0 Å². The second kappa shape index (κ2) is 8.88. The van der Waals surface area contributed by atoms with E-state index in [0.717, 1.165) is 5.56 Å². The van der Waals surface area contributed by atoms with E-state index in [1.165, 1.54) is 0 Å². The molecule has 1 aromatic rings. The predicted molar refractivity (Wildman–Crippen MR) is 82.3 cm³/mol. The van der Waals surface area contributed by atoms with Crippen LogP contribution in [0.4, 0.5) is 0 Å². The highest BCUT2D eigenvalue weighted by Gasteiger charge is 2.18. The molecule has 114 valence electrons. The molecule has 5 nitrogen and oxygen atoms in total. The van der Waals surface area contributed by atoms with Crippen molar-refractivity contribution in [1.29, 1.82) is 0 Å². The van der Waals surface area contributed by atoms with Gasteiger partial charge in [-0.1, -0.05) is 18.1 Å². The van der Waals surface area contributed by atoms with Crippen molar-refractivity contribution in [2.45, 2.75) is 26.4 Å². The summed E-state index contributed by atoms with van der Waals surface area (Å²) in [6.07, 6.45) is 5.10. The van der Waals surface area contributed by atoms with Crippen molar-refractivity contribution in [2.24, 2.45) is 5.73 Å². The molecule has 0 aromatic heterocycles. The summed E-state index contributed by atoms with van der Waals surface area (Å²) >= 11 is 0. The molecule has 0 aliphatic rings. The van der Waals surface area contributed by atoms with Gasteiger partial charge >= 0.3 is 0 Å². The van der Waals surface area contributed by atoms with E-state index >= 15 is 0 Å². The number of carbonyl (C=O) groups excluding carboxylic acids is 1. The number of terminal acetylenes is 1. The summed E-state index contributed by atoms with van der Waals surface area (Å²) in [4.78, 5) is 11.8. The molecule has 0 heterocycles. The maximum atomic E-state index is 11.8. The Morgan fingerprint density at radius 1 is 1.52 bits per heavy atom. The fourth-order valence-corrected chi connectivity index (χ4v) is 1.83. The lowest BCUT2D eigenvalue weighted by Crippen LogP contribution is -2.36. The van der Waals surface area contributed by atoms with Gasteiger partial charge in [0.15, 0.2) is 17.6 Å². The highest BCUT2D eigenvalue weighted by atomic mass is 16.5. The van der Waals surface area contributed by atoms with Crippen LogP contribution in [0, 0.1) is 12.3 Å². The number of benzene rings is 1. The maximum Gasteiger partial charge on any atom is 0.261 e. The van der Waals surface area contributed by atoms with Gasteiger partial charge in [0.25, 0.3) is 5.91 Å². The van der Waals surface area contributed by atoms with Crippen LogP contribution in [0.1, 0.15) is 19.4 Å². The number of nitrogens with two attached hydrogens (primary N) is 1. The van der Waals surface area contributed by atoms with E-state index < -0.39 is 6.10 Å². The Hall–Kier alpha value is -2.19. The monoisotopic (exact) mass is 290 g/mol. The SMILES string of the molecule is C#CCNC(=O)C(C)Oc1c(CCN)cccc1OCC. The Labute approximate surface area is 125 Å². The van der Waals surface area contributed by atoms with Gasteiger partial charge in [-0.05, 0) is 38.4 Å². The van der Waals surface area contributed by atoms with Crippen molar-refractivity contribution < 1.29 is 14.3 Å². The minimum atomic E-state index is -0.670. The highest BCUT2D eigenvalue weighted by Crippen LogP contribution is 2.32. The lowest BCUT2D eigenvalue weighted by molar-refractivity contribution is -0.127. The predicted octanol–water partition coefficient (Wildman–Crippen LogP) is 1.10.